The molecule has 0 bridgehead atoms. The van der Waals surface area contributed by atoms with Crippen molar-refractivity contribution in [2.45, 2.75) is 44.0 Å². The molecule has 1 atom stereocenters. The number of sulfonamides is 1. The number of anilines is 1. The van der Waals surface area contributed by atoms with Crippen LogP contribution in [0.1, 0.15) is 42.1 Å². The third-order valence-corrected chi connectivity index (χ3v) is 8.56. The maximum absolute atomic E-state index is 14.1. The van der Waals surface area contributed by atoms with Crippen molar-refractivity contribution in [2.24, 2.45) is 0 Å². The van der Waals surface area contributed by atoms with Gasteiger partial charge in [0, 0.05) is 44.3 Å². The molecule has 1 unspecified atom stereocenters. The number of hydrogen-bond acceptors (Lipinski definition) is 4. The number of rotatable bonds is 4. The molecule has 2 aromatic carbocycles. The van der Waals surface area contributed by atoms with Gasteiger partial charge in [-0.3, -0.25) is 4.79 Å². The maximum atomic E-state index is 14.1. The van der Waals surface area contributed by atoms with Crippen LogP contribution in [0.3, 0.4) is 0 Å². The highest BCUT2D eigenvalue weighted by Gasteiger charge is 2.32. The minimum absolute atomic E-state index is 0.0411. The highest BCUT2D eigenvalue weighted by molar-refractivity contribution is 7.89. The average molecular weight is 460 g/mol. The third-order valence-electron chi connectivity index (χ3n) is 6.55. The fourth-order valence-corrected chi connectivity index (χ4v) is 6.31. The van der Waals surface area contributed by atoms with E-state index in [-0.39, 0.29) is 22.7 Å². The number of carbonyl (C=O) groups is 1. The molecule has 1 amide bonds. The Hall–Kier alpha value is -2.45. The first-order valence-electron chi connectivity index (χ1n) is 11.2. The summed E-state index contributed by atoms with van der Waals surface area (Å²) in [5.41, 5.74) is 1.70. The van der Waals surface area contributed by atoms with E-state index in [1.807, 2.05) is 18.7 Å². The lowest BCUT2D eigenvalue weighted by molar-refractivity contribution is 0.0745. The Balaban J connectivity index is 1.52. The molecule has 0 aromatic heterocycles. The molecule has 0 radical (unpaired) electrons. The average Bonchev–Trinajstić information content (AvgIpc) is 2.79. The van der Waals surface area contributed by atoms with Gasteiger partial charge in [0.25, 0.3) is 5.91 Å². The summed E-state index contributed by atoms with van der Waals surface area (Å²) in [5, 5.41) is 0. The number of piperidine rings is 1. The van der Waals surface area contributed by atoms with Gasteiger partial charge in [-0.2, -0.15) is 4.31 Å². The quantitative estimate of drug-likeness (QED) is 0.700. The normalized spacial score (nSPS) is 20.4. The van der Waals surface area contributed by atoms with Crippen LogP contribution in [0.2, 0.25) is 0 Å². The lowest BCUT2D eigenvalue weighted by atomic mass is 10.1. The van der Waals surface area contributed by atoms with Gasteiger partial charge in [-0.15, -0.1) is 0 Å². The first-order valence-corrected chi connectivity index (χ1v) is 12.6. The van der Waals surface area contributed by atoms with Crippen molar-refractivity contribution in [2.75, 3.05) is 37.6 Å². The van der Waals surface area contributed by atoms with Crippen molar-refractivity contribution in [3.63, 3.8) is 0 Å². The standard InChI is InChI=1S/C24H30FN3O3S/c1-18-10-11-20(32(30,31)28-12-6-5-7-19(28)2)17-21(18)24(29)27-15-13-26(14-16-27)23-9-4-3-8-22(23)25/h3-4,8-11,17,19H,5-7,12-16H2,1-2H3. The van der Waals surface area contributed by atoms with Crippen LogP contribution in [0.25, 0.3) is 0 Å². The van der Waals surface area contributed by atoms with E-state index in [0.29, 0.717) is 44.0 Å². The molecule has 8 heteroatoms. The van der Waals surface area contributed by atoms with Crippen LogP contribution < -0.4 is 4.90 Å². The summed E-state index contributed by atoms with van der Waals surface area (Å²) in [6.07, 6.45) is 2.74. The van der Waals surface area contributed by atoms with Crippen LogP contribution in [0, 0.1) is 12.7 Å². The van der Waals surface area contributed by atoms with Crippen LogP contribution in [-0.2, 0) is 10.0 Å². The van der Waals surface area contributed by atoms with Crippen LogP contribution in [0.4, 0.5) is 10.1 Å². The lowest BCUT2D eigenvalue weighted by Gasteiger charge is -2.36. The number of piperazine rings is 1. The molecule has 0 N–H and O–H groups in total. The zero-order valence-corrected chi connectivity index (χ0v) is 19.4. The Morgan fingerprint density at radius 2 is 1.72 bits per heavy atom. The SMILES string of the molecule is Cc1ccc(S(=O)(=O)N2CCCCC2C)cc1C(=O)N1CCN(c2ccccc2F)CC1. The van der Waals surface area contributed by atoms with E-state index in [9.17, 15) is 17.6 Å². The number of halogens is 1. The molecule has 0 spiro atoms. The van der Waals surface area contributed by atoms with Gasteiger partial charge in [-0.05, 0) is 56.5 Å². The molecule has 6 nitrogen and oxygen atoms in total. The Morgan fingerprint density at radius 3 is 2.41 bits per heavy atom. The molecule has 172 valence electrons. The summed E-state index contributed by atoms with van der Waals surface area (Å²) in [7, 11) is -3.65. The van der Waals surface area contributed by atoms with Gasteiger partial charge >= 0.3 is 0 Å². The first-order chi connectivity index (χ1) is 15.3. The van der Waals surface area contributed by atoms with Gasteiger partial charge in [-0.1, -0.05) is 24.6 Å². The third kappa shape index (κ3) is 4.38. The van der Waals surface area contributed by atoms with Gasteiger partial charge in [-0.25, -0.2) is 12.8 Å². The number of carbonyl (C=O) groups excluding carboxylic acids is 1. The molecule has 2 saturated heterocycles. The fraction of sp³-hybridized carbons (Fsp3) is 0.458. The van der Waals surface area contributed by atoms with Gasteiger partial charge in [0.05, 0.1) is 10.6 Å². The molecule has 0 aliphatic carbocycles. The molecule has 0 saturated carbocycles. The summed E-state index contributed by atoms with van der Waals surface area (Å²) in [6.45, 7) is 6.22. The van der Waals surface area contributed by atoms with Crippen molar-refractivity contribution in [3.8, 4) is 0 Å². The van der Waals surface area contributed by atoms with Crippen molar-refractivity contribution in [1.82, 2.24) is 9.21 Å². The van der Waals surface area contributed by atoms with E-state index in [2.05, 4.69) is 0 Å². The molecule has 2 aliphatic heterocycles. The molecular formula is C24H30FN3O3S. The van der Waals surface area contributed by atoms with Gasteiger partial charge < -0.3 is 9.80 Å². The minimum Gasteiger partial charge on any atom is -0.366 e. The number of para-hydroxylation sites is 1. The van der Waals surface area contributed by atoms with E-state index in [4.69, 9.17) is 0 Å². The number of aryl methyl sites for hydroxylation is 1. The Kier molecular flexibility index (Phi) is 6.53. The number of benzene rings is 2. The fourth-order valence-electron chi connectivity index (χ4n) is 4.59. The summed E-state index contributed by atoms with van der Waals surface area (Å²) in [5.74, 6) is -0.451. The zero-order valence-electron chi connectivity index (χ0n) is 18.6. The molecule has 32 heavy (non-hydrogen) atoms. The highest BCUT2D eigenvalue weighted by atomic mass is 32.2. The number of amides is 1. The predicted octanol–water partition coefficient (Wildman–Crippen LogP) is 3.66. The van der Waals surface area contributed by atoms with Crippen molar-refractivity contribution in [3.05, 3.63) is 59.4 Å². The Morgan fingerprint density at radius 1 is 1.00 bits per heavy atom. The van der Waals surface area contributed by atoms with Gasteiger partial charge in [0.2, 0.25) is 10.0 Å². The Labute approximate surface area is 189 Å². The zero-order chi connectivity index (χ0) is 22.9. The van der Waals surface area contributed by atoms with Crippen LogP contribution in [0.5, 0.6) is 0 Å². The summed E-state index contributed by atoms with van der Waals surface area (Å²) in [4.78, 5) is 17.1. The van der Waals surface area contributed by atoms with Gasteiger partial charge in [0.1, 0.15) is 5.82 Å². The van der Waals surface area contributed by atoms with E-state index in [0.717, 1.165) is 24.8 Å². The van der Waals surface area contributed by atoms with E-state index in [1.54, 1.807) is 39.5 Å². The Bertz CT molecular complexity index is 1100. The number of nitrogens with zero attached hydrogens (tertiary/aromatic N) is 3. The molecule has 4 rings (SSSR count). The monoisotopic (exact) mass is 459 g/mol. The van der Waals surface area contributed by atoms with E-state index >= 15 is 0 Å². The minimum atomic E-state index is -3.65. The van der Waals surface area contributed by atoms with E-state index < -0.39 is 10.0 Å². The molecule has 2 aliphatic rings. The largest absolute Gasteiger partial charge is 0.366 e. The molecule has 2 aromatic rings. The lowest BCUT2D eigenvalue weighted by Crippen LogP contribution is -2.49. The molecule has 2 fully saturated rings. The molecular weight excluding hydrogens is 429 g/mol. The maximum Gasteiger partial charge on any atom is 0.254 e. The van der Waals surface area contributed by atoms with Crippen LogP contribution in [0.15, 0.2) is 47.4 Å². The second-order valence-electron chi connectivity index (χ2n) is 8.67. The second-order valence-corrected chi connectivity index (χ2v) is 10.6. The van der Waals surface area contributed by atoms with Crippen LogP contribution in [-0.4, -0.2) is 62.3 Å². The first kappa shape index (κ1) is 22.7. The van der Waals surface area contributed by atoms with Crippen molar-refractivity contribution >= 4 is 21.6 Å². The number of hydrogen-bond donors (Lipinski definition) is 0. The molecule has 2 heterocycles. The summed E-state index contributed by atoms with van der Waals surface area (Å²) >= 11 is 0. The topological polar surface area (TPSA) is 60.9 Å². The van der Waals surface area contributed by atoms with Crippen molar-refractivity contribution < 1.29 is 17.6 Å². The van der Waals surface area contributed by atoms with Crippen LogP contribution >= 0.6 is 0 Å². The van der Waals surface area contributed by atoms with Gasteiger partial charge in [0.15, 0.2) is 0 Å². The second kappa shape index (κ2) is 9.19. The highest BCUT2D eigenvalue weighted by Crippen LogP contribution is 2.27. The van der Waals surface area contributed by atoms with E-state index in [1.165, 1.54) is 12.1 Å². The predicted molar refractivity (Wildman–Crippen MR) is 123 cm³/mol. The smallest absolute Gasteiger partial charge is 0.254 e. The summed E-state index contributed by atoms with van der Waals surface area (Å²) < 4.78 is 42.2. The summed E-state index contributed by atoms with van der Waals surface area (Å²) in [6, 6.07) is 11.4. The van der Waals surface area contributed by atoms with Crippen molar-refractivity contribution in [1.29, 1.82) is 0 Å².